The molecule has 68 valence electrons. The van der Waals surface area contributed by atoms with Gasteiger partial charge in [-0.3, -0.25) is 4.98 Å². The molecule has 0 saturated carbocycles. The molecule has 0 N–H and O–H groups in total. The lowest BCUT2D eigenvalue weighted by atomic mass is 10.4. The Morgan fingerprint density at radius 1 is 1.46 bits per heavy atom. The molecule has 6 heteroatoms. The van der Waals surface area contributed by atoms with Crippen LogP contribution >= 0.6 is 11.8 Å². The fourth-order valence-corrected chi connectivity index (χ4v) is 1.33. The second-order valence-electron chi connectivity index (χ2n) is 2.20. The second-order valence-corrected chi connectivity index (χ2v) is 3.14. The van der Waals surface area contributed by atoms with E-state index < -0.39 is 5.76 Å². The molecule has 0 saturated heterocycles. The van der Waals surface area contributed by atoms with Crippen molar-refractivity contribution in [3.8, 4) is 0 Å². The number of halogens is 2. The zero-order valence-electron chi connectivity index (χ0n) is 6.28. The fraction of sp³-hybridized carbons (Fsp3) is 0.143. The van der Waals surface area contributed by atoms with Gasteiger partial charge in [-0.1, -0.05) is 0 Å². The third-order valence-electron chi connectivity index (χ3n) is 1.36. The van der Waals surface area contributed by atoms with Gasteiger partial charge >= 0.3 is 0 Å². The predicted octanol–water partition coefficient (Wildman–Crippen LogP) is 2.54. The summed E-state index contributed by atoms with van der Waals surface area (Å²) in [7, 11) is 0. The molecule has 0 radical (unpaired) electrons. The second kappa shape index (κ2) is 3.29. The standard InChI is InChI=1S/C7H4F2N2OS/c8-6(9)13-7-11-4-3-10-2-1-5(4)12-7/h1-3,6H. The Kier molecular flexibility index (Phi) is 2.13. The summed E-state index contributed by atoms with van der Waals surface area (Å²) in [5.41, 5.74) is 0.962. The van der Waals surface area contributed by atoms with Gasteiger partial charge in [-0.2, -0.15) is 8.78 Å². The van der Waals surface area contributed by atoms with Gasteiger partial charge in [0, 0.05) is 24.0 Å². The van der Waals surface area contributed by atoms with E-state index in [1.807, 2.05) is 0 Å². The summed E-state index contributed by atoms with van der Waals surface area (Å²) in [6.45, 7) is 0. The Morgan fingerprint density at radius 3 is 3.00 bits per heavy atom. The minimum absolute atomic E-state index is 0.0296. The van der Waals surface area contributed by atoms with Crippen LogP contribution in [-0.2, 0) is 0 Å². The Balaban J connectivity index is 2.38. The molecule has 0 aromatic carbocycles. The van der Waals surface area contributed by atoms with E-state index in [1.165, 1.54) is 12.4 Å². The van der Waals surface area contributed by atoms with E-state index in [2.05, 4.69) is 9.97 Å². The third-order valence-corrected chi connectivity index (χ3v) is 1.91. The van der Waals surface area contributed by atoms with Crippen LogP contribution in [0.5, 0.6) is 0 Å². The van der Waals surface area contributed by atoms with Crippen LogP contribution in [0.4, 0.5) is 8.78 Å². The molecule has 0 unspecified atom stereocenters. The molecule has 0 bridgehead atoms. The van der Waals surface area contributed by atoms with Crippen LogP contribution in [0.2, 0.25) is 0 Å². The summed E-state index contributed by atoms with van der Waals surface area (Å²) in [5, 5.41) is -0.0296. The number of aromatic nitrogens is 2. The first-order valence-electron chi connectivity index (χ1n) is 3.41. The first-order chi connectivity index (χ1) is 6.25. The van der Waals surface area contributed by atoms with Crippen LogP contribution < -0.4 is 0 Å². The van der Waals surface area contributed by atoms with Crippen LogP contribution in [-0.4, -0.2) is 15.7 Å². The quantitative estimate of drug-likeness (QED) is 0.701. The molecule has 2 aromatic heterocycles. The molecule has 3 nitrogen and oxygen atoms in total. The highest BCUT2D eigenvalue weighted by Gasteiger charge is 2.11. The third kappa shape index (κ3) is 1.77. The average molecular weight is 202 g/mol. The number of hydrogen-bond donors (Lipinski definition) is 0. The number of pyridine rings is 1. The summed E-state index contributed by atoms with van der Waals surface area (Å²) in [6.07, 6.45) is 2.98. The molecule has 0 fully saturated rings. The number of fused-ring (bicyclic) bond motifs is 1. The van der Waals surface area contributed by atoms with E-state index in [-0.39, 0.29) is 17.0 Å². The normalized spacial score (nSPS) is 11.3. The van der Waals surface area contributed by atoms with Crippen molar-refractivity contribution in [3.63, 3.8) is 0 Å². The van der Waals surface area contributed by atoms with Crippen molar-refractivity contribution in [2.75, 3.05) is 0 Å². The van der Waals surface area contributed by atoms with Crippen LogP contribution in [0.25, 0.3) is 11.1 Å². The number of oxazole rings is 1. The Hall–Kier alpha value is -1.17. The maximum atomic E-state index is 11.9. The van der Waals surface area contributed by atoms with E-state index in [1.54, 1.807) is 6.07 Å². The molecular formula is C7H4F2N2OS. The van der Waals surface area contributed by atoms with E-state index in [0.29, 0.717) is 11.1 Å². The van der Waals surface area contributed by atoms with E-state index >= 15 is 0 Å². The molecule has 0 atom stereocenters. The molecular weight excluding hydrogens is 198 g/mol. The minimum atomic E-state index is -2.51. The SMILES string of the molecule is FC(F)Sc1nc2cnccc2o1. The van der Waals surface area contributed by atoms with Crippen LogP contribution in [0.15, 0.2) is 28.1 Å². The minimum Gasteiger partial charge on any atom is -0.431 e. The van der Waals surface area contributed by atoms with E-state index in [0.717, 1.165) is 0 Å². The lowest BCUT2D eigenvalue weighted by Crippen LogP contribution is -1.79. The van der Waals surface area contributed by atoms with Gasteiger partial charge in [0.1, 0.15) is 5.52 Å². The Morgan fingerprint density at radius 2 is 2.31 bits per heavy atom. The fourth-order valence-electron chi connectivity index (χ4n) is 0.885. The Labute approximate surface area is 76.2 Å². The van der Waals surface area contributed by atoms with Crippen LogP contribution in [0, 0.1) is 0 Å². The monoisotopic (exact) mass is 202 g/mol. The number of nitrogens with zero attached hydrogens (tertiary/aromatic N) is 2. The van der Waals surface area contributed by atoms with E-state index in [4.69, 9.17) is 4.42 Å². The van der Waals surface area contributed by atoms with Crippen molar-refractivity contribution in [1.29, 1.82) is 0 Å². The molecule has 0 spiro atoms. The summed E-state index contributed by atoms with van der Waals surface area (Å²) < 4.78 is 28.8. The number of rotatable bonds is 2. The molecule has 2 rings (SSSR count). The molecule has 0 aliphatic rings. The summed E-state index contributed by atoms with van der Waals surface area (Å²) in [5.74, 6) is -2.51. The molecule has 2 heterocycles. The van der Waals surface area contributed by atoms with Crippen molar-refractivity contribution in [2.45, 2.75) is 11.0 Å². The van der Waals surface area contributed by atoms with Gasteiger partial charge in [-0.05, 0) is 0 Å². The number of alkyl halides is 2. The molecule has 0 aliphatic heterocycles. The zero-order valence-corrected chi connectivity index (χ0v) is 7.09. The van der Waals surface area contributed by atoms with Crippen molar-refractivity contribution >= 4 is 22.9 Å². The zero-order chi connectivity index (χ0) is 9.26. The van der Waals surface area contributed by atoms with Gasteiger partial charge in [0.15, 0.2) is 5.58 Å². The summed E-state index contributed by atoms with van der Waals surface area (Å²) in [4.78, 5) is 7.59. The van der Waals surface area contributed by atoms with Gasteiger partial charge in [-0.15, -0.1) is 0 Å². The maximum Gasteiger partial charge on any atom is 0.293 e. The molecule has 2 aromatic rings. The smallest absolute Gasteiger partial charge is 0.293 e. The van der Waals surface area contributed by atoms with Crippen molar-refractivity contribution in [2.24, 2.45) is 0 Å². The molecule has 13 heavy (non-hydrogen) atoms. The van der Waals surface area contributed by atoms with Gasteiger partial charge in [0.2, 0.25) is 0 Å². The van der Waals surface area contributed by atoms with Crippen molar-refractivity contribution < 1.29 is 13.2 Å². The first-order valence-corrected chi connectivity index (χ1v) is 4.29. The molecule has 0 amide bonds. The van der Waals surface area contributed by atoms with E-state index in [9.17, 15) is 8.78 Å². The lowest BCUT2D eigenvalue weighted by Gasteiger charge is -1.89. The maximum absolute atomic E-state index is 11.9. The summed E-state index contributed by atoms with van der Waals surface area (Å²) >= 11 is 0.285. The Bertz CT molecular complexity index is 385. The highest BCUT2D eigenvalue weighted by atomic mass is 32.2. The van der Waals surface area contributed by atoms with Gasteiger partial charge in [0.25, 0.3) is 11.0 Å². The highest BCUT2D eigenvalue weighted by Crippen LogP contribution is 2.27. The predicted molar refractivity (Wildman–Crippen MR) is 43.7 cm³/mol. The van der Waals surface area contributed by atoms with Crippen LogP contribution in [0.3, 0.4) is 0 Å². The van der Waals surface area contributed by atoms with Crippen molar-refractivity contribution in [1.82, 2.24) is 9.97 Å². The number of hydrogen-bond acceptors (Lipinski definition) is 4. The molecule has 0 aliphatic carbocycles. The number of thioether (sulfide) groups is 1. The lowest BCUT2D eigenvalue weighted by molar-refractivity contribution is 0.249. The average Bonchev–Trinajstić information content (AvgIpc) is 2.44. The topological polar surface area (TPSA) is 38.9 Å². The van der Waals surface area contributed by atoms with Gasteiger partial charge in [0.05, 0.1) is 6.20 Å². The van der Waals surface area contributed by atoms with Crippen LogP contribution in [0.1, 0.15) is 0 Å². The van der Waals surface area contributed by atoms with Gasteiger partial charge < -0.3 is 4.42 Å². The highest BCUT2D eigenvalue weighted by molar-refractivity contribution is 7.99. The first kappa shape index (κ1) is 8.43. The summed E-state index contributed by atoms with van der Waals surface area (Å²) in [6, 6.07) is 1.58. The van der Waals surface area contributed by atoms with Gasteiger partial charge in [-0.25, -0.2) is 4.98 Å². The largest absolute Gasteiger partial charge is 0.431 e. The van der Waals surface area contributed by atoms with Crippen molar-refractivity contribution in [3.05, 3.63) is 18.5 Å².